The maximum Gasteiger partial charge on any atom is 0.0931 e. The number of thiophene rings is 1. The van der Waals surface area contributed by atoms with Crippen LogP contribution in [0.1, 0.15) is 22.9 Å². The third kappa shape index (κ3) is 2.08. The molecule has 0 saturated carbocycles. The van der Waals surface area contributed by atoms with Crippen molar-refractivity contribution in [3.63, 3.8) is 0 Å². The zero-order valence-electron chi connectivity index (χ0n) is 9.11. The van der Waals surface area contributed by atoms with Gasteiger partial charge in [0.2, 0.25) is 0 Å². The molecular formula is C10H19N3S. The lowest BCUT2D eigenvalue weighted by atomic mass is 10.1. The molecule has 0 aliphatic heterocycles. The Kier molecular flexibility index (Phi) is 4.38. The molecule has 0 radical (unpaired) electrons. The molecule has 0 atom stereocenters. The number of nitrogens with two attached hydrogens (primary N) is 1. The van der Waals surface area contributed by atoms with Crippen molar-refractivity contribution >= 4 is 16.3 Å². The van der Waals surface area contributed by atoms with Crippen molar-refractivity contribution in [2.24, 2.45) is 5.73 Å². The molecule has 1 aromatic rings. The van der Waals surface area contributed by atoms with Gasteiger partial charge >= 0.3 is 0 Å². The van der Waals surface area contributed by atoms with Crippen LogP contribution in [0.3, 0.4) is 0 Å². The minimum Gasteiger partial charge on any atom is -0.380 e. The lowest BCUT2D eigenvalue weighted by molar-refractivity contribution is 0.818. The molecule has 0 aliphatic carbocycles. The van der Waals surface area contributed by atoms with Crippen LogP contribution >= 0.6 is 11.3 Å². The Labute approximate surface area is 89.7 Å². The summed E-state index contributed by atoms with van der Waals surface area (Å²) in [5.41, 5.74) is 8.45. The molecule has 4 heteroatoms. The van der Waals surface area contributed by atoms with Crippen LogP contribution in [0.5, 0.6) is 0 Å². The Bertz CT molecular complexity index is 294. The Morgan fingerprint density at radius 1 is 1.29 bits per heavy atom. The standard InChI is InChI=1S/C10H19N3S/c1-4-7-8(5-11)10(13-3)14-9(7)6-12-2/h12-13H,4-6,11H2,1-3H3. The van der Waals surface area contributed by atoms with Crippen LogP contribution in [0, 0.1) is 0 Å². The van der Waals surface area contributed by atoms with E-state index in [0.29, 0.717) is 6.54 Å². The summed E-state index contributed by atoms with van der Waals surface area (Å²) in [6.45, 7) is 3.74. The van der Waals surface area contributed by atoms with E-state index in [2.05, 4.69) is 17.6 Å². The highest BCUT2D eigenvalue weighted by Gasteiger charge is 2.13. The summed E-state index contributed by atoms with van der Waals surface area (Å²) < 4.78 is 0. The van der Waals surface area contributed by atoms with E-state index in [1.807, 2.05) is 14.1 Å². The van der Waals surface area contributed by atoms with Crippen LogP contribution in [0.4, 0.5) is 5.00 Å². The Morgan fingerprint density at radius 3 is 2.43 bits per heavy atom. The largest absolute Gasteiger partial charge is 0.380 e. The number of hydrogen-bond acceptors (Lipinski definition) is 4. The fourth-order valence-electron chi connectivity index (χ4n) is 1.68. The van der Waals surface area contributed by atoms with Gasteiger partial charge in [0, 0.05) is 30.6 Å². The predicted molar refractivity (Wildman–Crippen MR) is 63.9 cm³/mol. The van der Waals surface area contributed by atoms with Crippen LogP contribution in [0.25, 0.3) is 0 Å². The van der Waals surface area contributed by atoms with E-state index < -0.39 is 0 Å². The van der Waals surface area contributed by atoms with Crippen LogP contribution in [-0.2, 0) is 19.5 Å². The van der Waals surface area contributed by atoms with Crippen molar-refractivity contribution in [2.45, 2.75) is 26.4 Å². The molecule has 0 unspecified atom stereocenters. The summed E-state index contributed by atoms with van der Waals surface area (Å²) in [7, 11) is 3.92. The molecule has 1 heterocycles. The van der Waals surface area contributed by atoms with Gasteiger partial charge in [0.05, 0.1) is 5.00 Å². The van der Waals surface area contributed by atoms with E-state index in [-0.39, 0.29) is 0 Å². The summed E-state index contributed by atoms with van der Waals surface area (Å²) in [6.07, 6.45) is 1.06. The van der Waals surface area contributed by atoms with Crippen LogP contribution < -0.4 is 16.4 Å². The summed E-state index contributed by atoms with van der Waals surface area (Å²) in [5, 5.41) is 7.62. The molecule has 1 rings (SSSR count). The van der Waals surface area contributed by atoms with Crippen molar-refractivity contribution in [1.82, 2.24) is 5.32 Å². The average Bonchev–Trinajstić information content (AvgIpc) is 2.55. The lowest BCUT2D eigenvalue weighted by Crippen LogP contribution is -2.07. The molecule has 0 fully saturated rings. The maximum atomic E-state index is 5.76. The van der Waals surface area contributed by atoms with Gasteiger partial charge in [-0.05, 0) is 19.0 Å². The van der Waals surface area contributed by atoms with Crippen molar-refractivity contribution in [3.05, 3.63) is 16.0 Å². The smallest absolute Gasteiger partial charge is 0.0931 e. The normalized spacial score (nSPS) is 10.6. The molecule has 0 spiro atoms. The zero-order valence-corrected chi connectivity index (χ0v) is 9.92. The monoisotopic (exact) mass is 213 g/mol. The van der Waals surface area contributed by atoms with E-state index in [4.69, 9.17) is 5.73 Å². The number of anilines is 1. The Hall–Kier alpha value is -0.580. The highest BCUT2D eigenvalue weighted by atomic mass is 32.1. The highest BCUT2D eigenvalue weighted by Crippen LogP contribution is 2.33. The number of hydrogen-bond donors (Lipinski definition) is 3. The quantitative estimate of drug-likeness (QED) is 0.695. The first-order valence-electron chi connectivity index (χ1n) is 4.94. The molecule has 80 valence electrons. The van der Waals surface area contributed by atoms with Gasteiger partial charge in [0.1, 0.15) is 0 Å². The first kappa shape index (κ1) is 11.5. The van der Waals surface area contributed by atoms with E-state index in [0.717, 1.165) is 13.0 Å². The van der Waals surface area contributed by atoms with Crippen LogP contribution in [0.2, 0.25) is 0 Å². The molecule has 0 aliphatic rings. The second kappa shape index (κ2) is 5.34. The van der Waals surface area contributed by atoms with Crippen molar-refractivity contribution < 1.29 is 0 Å². The molecule has 0 aromatic carbocycles. The first-order chi connectivity index (χ1) is 6.78. The van der Waals surface area contributed by atoms with Gasteiger partial charge in [-0.2, -0.15) is 0 Å². The van der Waals surface area contributed by atoms with Crippen LogP contribution in [-0.4, -0.2) is 14.1 Å². The number of rotatable bonds is 5. The molecule has 14 heavy (non-hydrogen) atoms. The van der Waals surface area contributed by atoms with E-state index in [9.17, 15) is 0 Å². The molecule has 3 nitrogen and oxygen atoms in total. The molecule has 1 aromatic heterocycles. The first-order valence-corrected chi connectivity index (χ1v) is 5.75. The third-order valence-electron chi connectivity index (χ3n) is 2.32. The third-order valence-corrected chi connectivity index (χ3v) is 3.61. The van der Waals surface area contributed by atoms with E-state index in [1.54, 1.807) is 11.3 Å². The van der Waals surface area contributed by atoms with E-state index >= 15 is 0 Å². The lowest BCUT2D eigenvalue weighted by Gasteiger charge is -2.03. The molecule has 4 N–H and O–H groups in total. The van der Waals surface area contributed by atoms with Crippen molar-refractivity contribution in [1.29, 1.82) is 0 Å². The molecular weight excluding hydrogens is 194 g/mol. The predicted octanol–water partition coefficient (Wildman–Crippen LogP) is 1.53. The van der Waals surface area contributed by atoms with Gasteiger partial charge in [-0.1, -0.05) is 6.92 Å². The fourth-order valence-corrected chi connectivity index (χ4v) is 2.97. The number of nitrogens with one attached hydrogen (secondary N) is 2. The average molecular weight is 213 g/mol. The molecule has 0 saturated heterocycles. The Morgan fingerprint density at radius 2 is 2.00 bits per heavy atom. The molecule has 0 bridgehead atoms. The minimum absolute atomic E-state index is 0.625. The highest BCUT2D eigenvalue weighted by molar-refractivity contribution is 7.16. The van der Waals surface area contributed by atoms with Gasteiger partial charge in [0.15, 0.2) is 0 Å². The summed E-state index contributed by atoms with van der Waals surface area (Å²) in [5.74, 6) is 0. The van der Waals surface area contributed by atoms with Gasteiger partial charge in [-0.25, -0.2) is 0 Å². The maximum absolute atomic E-state index is 5.76. The van der Waals surface area contributed by atoms with Gasteiger partial charge in [-0.15, -0.1) is 11.3 Å². The molecule has 0 amide bonds. The fraction of sp³-hybridized carbons (Fsp3) is 0.600. The van der Waals surface area contributed by atoms with E-state index in [1.165, 1.54) is 21.0 Å². The topological polar surface area (TPSA) is 50.1 Å². The van der Waals surface area contributed by atoms with Gasteiger partial charge < -0.3 is 16.4 Å². The summed E-state index contributed by atoms with van der Waals surface area (Å²) in [4.78, 5) is 1.40. The second-order valence-electron chi connectivity index (χ2n) is 3.15. The van der Waals surface area contributed by atoms with Gasteiger partial charge in [-0.3, -0.25) is 0 Å². The zero-order chi connectivity index (χ0) is 10.6. The minimum atomic E-state index is 0.625. The Balaban J connectivity index is 3.10. The second-order valence-corrected chi connectivity index (χ2v) is 4.25. The van der Waals surface area contributed by atoms with Crippen molar-refractivity contribution in [2.75, 3.05) is 19.4 Å². The summed E-state index contributed by atoms with van der Waals surface area (Å²) >= 11 is 1.81. The summed E-state index contributed by atoms with van der Waals surface area (Å²) in [6, 6.07) is 0. The van der Waals surface area contributed by atoms with Crippen molar-refractivity contribution in [3.8, 4) is 0 Å². The van der Waals surface area contributed by atoms with Crippen LogP contribution in [0.15, 0.2) is 0 Å². The SMILES string of the molecule is CCc1c(CNC)sc(NC)c1CN. The van der Waals surface area contributed by atoms with Gasteiger partial charge in [0.25, 0.3) is 0 Å².